The molecule has 36 heavy (non-hydrogen) atoms. The van der Waals surface area contributed by atoms with Crippen LogP contribution in [0.2, 0.25) is 0 Å². The topological polar surface area (TPSA) is 81.9 Å². The highest BCUT2D eigenvalue weighted by Gasteiger charge is 2.34. The molecule has 1 fully saturated rings. The number of hydrogen-bond acceptors (Lipinski definition) is 5. The first-order chi connectivity index (χ1) is 17.0. The minimum atomic E-state index is -4.53. The fourth-order valence-electron chi connectivity index (χ4n) is 5.00. The molecule has 194 valence electrons. The van der Waals surface area contributed by atoms with E-state index in [2.05, 4.69) is 10.2 Å². The first-order valence-electron chi connectivity index (χ1n) is 12.1. The molecule has 2 aromatic carbocycles. The van der Waals surface area contributed by atoms with Crippen molar-refractivity contribution in [2.75, 3.05) is 51.6 Å². The third-order valence-electron chi connectivity index (χ3n) is 6.90. The molecule has 0 bridgehead atoms. The van der Waals surface area contributed by atoms with Crippen LogP contribution in [0.3, 0.4) is 0 Å². The Bertz CT molecular complexity index is 1130. The fourth-order valence-corrected chi connectivity index (χ4v) is 5.00. The number of carbonyl (C=O) groups is 2. The number of nitrogens with two attached hydrogens (primary N) is 1. The van der Waals surface area contributed by atoms with Gasteiger partial charge in [0.1, 0.15) is 0 Å². The Morgan fingerprint density at radius 1 is 1.06 bits per heavy atom. The molecule has 7 nitrogen and oxygen atoms in total. The highest BCUT2D eigenvalue weighted by Crippen LogP contribution is 2.35. The van der Waals surface area contributed by atoms with Gasteiger partial charge in [-0.05, 0) is 53.9 Å². The van der Waals surface area contributed by atoms with Crippen molar-refractivity contribution < 1.29 is 22.8 Å². The maximum atomic E-state index is 13.9. The zero-order chi connectivity index (χ0) is 26.0. The number of halogens is 3. The van der Waals surface area contributed by atoms with Crippen molar-refractivity contribution in [3.05, 3.63) is 64.2 Å². The maximum absolute atomic E-state index is 13.9. The Morgan fingerprint density at radius 2 is 1.78 bits per heavy atom. The molecular formula is C26H32F3N5O2. The lowest BCUT2D eigenvalue weighted by Gasteiger charge is -2.33. The first kappa shape index (κ1) is 26.1. The van der Waals surface area contributed by atoms with Gasteiger partial charge < -0.3 is 16.0 Å². The van der Waals surface area contributed by atoms with Gasteiger partial charge in [0.25, 0.3) is 5.91 Å². The monoisotopic (exact) mass is 503 g/mol. The quantitative estimate of drug-likeness (QED) is 0.633. The largest absolute Gasteiger partial charge is 0.416 e. The molecule has 1 atom stereocenters. The van der Waals surface area contributed by atoms with Crippen LogP contribution in [0.4, 0.5) is 18.9 Å². The molecule has 2 aliphatic rings. The normalized spacial score (nSPS) is 19.6. The van der Waals surface area contributed by atoms with Crippen LogP contribution in [0.25, 0.3) is 0 Å². The number of anilines is 1. The molecule has 10 heteroatoms. The van der Waals surface area contributed by atoms with Crippen molar-refractivity contribution in [1.82, 2.24) is 14.7 Å². The van der Waals surface area contributed by atoms with E-state index in [1.807, 2.05) is 29.8 Å². The Kier molecular flexibility index (Phi) is 7.67. The Labute approximate surface area is 209 Å². The predicted octanol–water partition coefficient (Wildman–Crippen LogP) is 3.11. The molecule has 1 saturated heterocycles. The summed E-state index contributed by atoms with van der Waals surface area (Å²) in [7, 11) is 2.00. The third kappa shape index (κ3) is 6.24. The van der Waals surface area contributed by atoms with Gasteiger partial charge in [-0.15, -0.1) is 0 Å². The lowest BCUT2D eigenvalue weighted by Crippen LogP contribution is -2.44. The highest BCUT2D eigenvalue weighted by molar-refractivity contribution is 6.04. The number of piperazine rings is 1. The van der Waals surface area contributed by atoms with Crippen molar-refractivity contribution in [3.8, 4) is 0 Å². The minimum Gasteiger partial charge on any atom is -0.369 e. The summed E-state index contributed by atoms with van der Waals surface area (Å²) < 4.78 is 41.6. The van der Waals surface area contributed by atoms with E-state index in [9.17, 15) is 22.8 Å². The molecule has 0 radical (unpaired) electrons. The zero-order valence-electron chi connectivity index (χ0n) is 20.6. The number of primary amides is 1. The van der Waals surface area contributed by atoms with E-state index in [0.717, 1.165) is 30.3 Å². The molecule has 0 aromatic heterocycles. The average Bonchev–Trinajstić information content (AvgIpc) is 2.80. The summed E-state index contributed by atoms with van der Waals surface area (Å²) in [6, 6.07) is 9.28. The molecular weight excluding hydrogens is 471 g/mol. The second-order valence-electron chi connectivity index (χ2n) is 9.85. The highest BCUT2D eigenvalue weighted by atomic mass is 19.4. The first-order valence-corrected chi connectivity index (χ1v) is 12.1. The molecule has 2 heterocycles. The van der Waals surface area contributed by atoms with Crippen LogP contribution in [0.5, 0.6) is 0 Å². The molecule has 3 N–H and O–H groups in total. The lowest BCUT2D eigenvalue weighted by molar-refractivity contribution is -0.138. The molecule has 2 amide bonds. The van der Waals surface area contributed by atoms with Crippen molar-refractivity contribution in [1.29, 1.82) is 0 Å². The molecule has 0 spiro atoms. The van der Waals surface area contributed by atoms with Crippen LogP contribution in [0.1, 0.15) is 45.5 Å². The van der Waals surface area contributed by atoms with Crippen molar-refractivity contribution in [3.63, 3.8) is 0 Å². The van der Waals surface area contributed by atoms with E-state index in [0.29, 0.717) is 31.7 Å². The Hall–Kier alpha value is -2.95. The lowest BCUT2D eigenvalue weighted by atomic mass is 9.89. The molecule has 2 aromatic rings. The second-order valence-corrected chi connectivity index (χ2v) is 9.85. The second kappa shape index (κ2) is 10.6. The number of benzene rings is 2. The van der Waals surface area contributed by atoms with Gasteiger partial charge in [0.05, 0.1) is 12.1 Å². The van der Waals surface area contributed by atoms with E-state index < -0.39 is 23.6 Å². The smallest absolute Gasteiger partial charge is 0.369 e. The Balaban J connectivity index is 1.51. The van der Waals surface area contributed by atoms with Crippen LogP contribution in [0.15, 0.2) is 36.4 Å². The van der Waals surface area contributed by atoms with Gasteiger partial charge in [0.15, 0.2) is 0 Å². The summed E-state index contributed by atoms with van der Waals surface area (Å²) >= 11 is 0. The number of carbonyl (C=O) groups excluding carboxylic acids is 2. The van der Waals surface area contributed by atoms with E-state index in [1.165, 1.54) is 12.1 Å². The minimum absolute atomic E-state index is 0.0934. The zero-order valence-corrected chi connectivity index (χ0v) is 20.6. The van der Waals surface area contributed by atoms with Crippen LogP contribution in [-0.4, -0.2) is 72.8 Å². The summed E-state index contributed by atoms with van der Waals surface area (Å²) in [6.45, 7) is 6.58. The van der Waals surface area contributed by atoms with Gasteiger partial charge in [-0.2, -0.15) is 13.2 Å². The number of fused-ring (bicyclic) bond motifs is 1. The maximum Gasteiger partial charge on any atom is 0.416 e. The van der Waals surface area contributed by atoms with Crippen molar-refractivity contribution in [2.24, 2.45) is 5.73 Å². The van der Waals surface area contributed by atoms with Crippen LogP contribution in [0, 0.1) is 0 Å². The summed E-state index contributed by atoms with van der Waals surface area (Å²) in [5, 5.41) is 2.62. The van der Waals surface area contributed by atoms with E-state index in [1.54, 1.807) is 12.1 Å². The van der Waals surface area contributed by atoms with Gasteiger partial charge in [-0.1, -0.05) is 19.1 Å². The van der Waals surface area contributed by atoms with Gasteiger partial charge in [0, 0.05) is 57.1 Å². The molecule has 4 rings (SSSR count). The number of amides is 2. The van der Waals surface area contributed by atoms with Gasteiger partial charge >= 0.3 is 6.18 Å². The number of hydrogen-bond donors (Lipinski definition) is 2. The van der Waals surface area contributed by atoms with Crippen molar-refractivity contribution >= 4 is 17.5 Å². The molecule has 2 aliphatic heterocycles. The average molecular weight is 504 g/mol. The number of nitrogens with one attached hydrogen (secondary N) is 1. The summed E-state index contributed by atoms with van der Waals surface area (Å²) in [5.41, 5.74) is 7.22. The number of alkyl halides is 3. The number of rotatable bonds is 6. The fraction of sp³-hybridized carbons (Fsp3) is 0.462. The van der Waals surface area contributed by atoms with Crippen LogP contribution < -0.4 is 11.1 Å². The summed E-state index contributed by atoms with van der Waals surface area (Å²) in [6.07, 6.45) is -4.53. The number of nitrogens with zero attached hydrogens (tertiary/aromatic N) is 3. The van der Waals surface area contributed by atoms with E-state index >= 15 is 0 Å². The van der Waals surface area contributed by atoms with E-state index in [4.69, 9.17) is 5.73 Å². The van der Waals surface area contributed by atoms with Gasteiger partial charge in [0.2, 0.25) is 5.91 Å². The van der Waals surface area contributed by atoms with Crippen molar-refractivity contribution in [2.45, 2.75) is 32.1 Å². The Morgan fingerprint density at radius 3 is 2.44 bits per heavy atom. The van der Waals surface area contributed by atoms with Gasteiger partial charge in [-0.25, -0.2) is 0 Å². The molecule has 0 unspecified atom stereocenters. The summed E-state index contributed by atoms with van der Waals surface area (Å²) in [5.74, 6) is -0.749. The van der Waals surface area contributed by atoms with Crippen LogP contribution >= 0.6 is 0 Å². The predicted molar refractivity (Wildman–Crippen MR) is 131 cm³/mol. The van der Waals surface area contributed by atoms with Gasteiger partial charge in [-0.3, -0.25) is 19.4 Å². The molecule has 0 aliphatic carbocycles. The van der Waals surface area contributed by atoms with E-state index in [-0.39, 0.29) is 30.3 Å². The molecule has 0 saturated carbocycles. The van der Waals surface area contributed by atoms with Crippen LogP contribution in [-0.2, 0) is 24.1 Å². The number of likely N-dealkylation sites (N-methyl/N-ethyl adjacent to an activating group) is 1. The standard InChI is InChI=1S/C26H32F3N5O2/c1-17-13-34(16-24(30)35)15-20-11-18(4-6-22(17)20)25(36)31-21-5-3-19(23(12-21)26(27,28)29)14-33-9-7-32(2)8-10-33/h3-6,11-12,17H,7-10,13-16H2,1-2H3,(H2,30,35)(H,31,36)/t17-/m1/s1. The summed E-state index contributed by atoms with van der Waals surface area (Å²) in [4.78, 5) is 30.4. The SMILES string of the molecule is C[C@@H]1CN(CC(N)=O)Cc2cc(C(=O)Nc3ccc(CN4CCN(C)CC4)c(C(F)(F)F)c3)ccc21. The third-order valence-corrected chi connectivity index (χ3v) is 6.90.